The highest BCUT2D eigenvalue weighted by molar-refractivity contribution is 7.57. The maximum atomic E-state index is 10.1. The summed E-state index contributed by atoms with van der Waals surface area (Å²) in [7, 11) is 0.897. The number of hydrogen-bond acceptors (Lipinski definition) is 4. The largest absolute Gasteiger partial charge is 0.472 e. The maximum absolute atomic E-state index is 10.1. The van der Waals surface area contributed by atoms with Crippen molar-refractivity contribution in [2.75, 3.05) is 50.7 Å². The molecule has 1 aromatic rings. The number of phosphoric acid groups is 1. The van der Waals surface area contributed by atoms with Gasteiger partial charge in [0.25, 0.3) is 0 Å². The van der Waals surface area contributed by atoms with E-state index in [0.29, 0.717) is 7.92 Å². The number of para-hydroxylation sites is 1. The van der Waals surface area contributed by atoms with Crippen LogP contribution >= 0.6 is 15.7 Å². The van der Waals surface area contributed by atoms with Gasteiger partial charge in [-0.05, 0) is 49.9 Å². The van der Waals surface area contributed by atoms with Gasteiger partial charge in [-0.3, -0.25) is 9.05 Å². The first-order valence-corrected chi connectivity index (χ1v) is 20.3. The van der Waals surface area contributed by atoms with E-state index in [1.165, 1.54) is 121 Å². The summed E-state index contributed by atoms with van der Waals surface area (Å²) >= 11 is 0. The molecule has 1 saturated heterocycles. The molecule has 1 N–H and O–H groups in total. The van der Waals surface area contributed by atoms with Crippen LogP contribution in [0.4, 0.5) is 5.69 Å². The Balaban J connectivity index is 0.000000795. The van der Waals surface area contributed by atoms with Crippen molar-refractivity contribution in [3.63, 3.8) is 0 Å². The average Bonchev–Trinajstić information content (AvgIpc) is 3.38. The van der Waals surface area contributed by atoms with Crippen LogP contribution in [-0.2, 0) is 13.6 Å². The second-order valence-electron chi connectivity index (χ2n) is 11.5. The van der Waals surface area contributed by atoms with Gasteiger partial charge in [-0.15, -0.1) is 7.92 Å². The van der Waals surface area contributed by atoms with E-state index in [-0.39, 0.29) is 13.2 Å². The van der Waals surface area contributed by atoms with Crippen molar-refractivity contribution in [3.8, 4) is 0 Å². The van der Waals surface area contributed by atoms with Gasteiger partial charge >= 0.3 is 7.82 Å². The molecule has 0 aromatic heterocycles. The Kier molecular flexibility index (Phi) is 29.3. The molecular weight excluding hydrogens is 548 g/mol. The summed E-state index contributed by atoms with van der Waals surface area (Å²) in [5.74, 6) is 0. The van der Waals surface area contributed by atoms with Crippen LogP contribution in [0.3, 0.4) is 0 Å². The van der Waals surface area contributed by atoms with Crippen molar-refractivity contribution in [1.29, 1.82) is 0 Å². The van der Waals surface area contributed by atoms with Crippen molar-refractivity contribution in [1.82, 2.24) is 0 Å². The molecule has 1 heterocycles. The second kappa shape index (κ2) is 29.6. The molecule has 1 fully saturated rings. The molecule has 0 atom stereocenters. The number of anilines is 1. The smallest absolute Gasteiger partial charge is 0.378 e. The van der Waals surface area contributed by atoms with Gasteiger partial charge in [0, 0.05) is 19.8 Å². The Morgan fingerprint density at radius 1 is 0.634 bits per heavy atom. The lowest BCUT2D eigenvalue weighted by Gasteiger charge is -2.18. The van der Waals surface area contributed by atoms with E-state index < -0.39 is 7.82 Å². The fraction of sp³-hybridized carbons (Fsp3) is 0.824. The summed E-state index contributed by atoms with van der Waals surface area (Å²) in [6.45, 7) is 7.42. The van der Waals surface area contributed by atoms with Crippen LogP contribution in [0, 0.1) is 0 Å². The van der Waals surface area contributed by atoms with Crippen molar-refractivity contribution in [2.45, 2.75) is 136 Å². The zero-order valence-electron chi connectivity index (χ0n) is 27.7. The molecule has 0 spiro atoms. The molecule has 0 radical (unpaired) electrons. The summed E-state index contributed by atoms with van der Waals surface area (Å²) in [5, 5.41) is 0. The summed E-state index contributed by atoms with van der Waals surface area (Å²) in [6.07, 6.45) is 31.2. The lowest BCUT2D eigenvalue weighted by atomic mass is 10.1. The summed E-state index contributed by atoms with van der Waals surface area (Å²) in [4.78, 5) is 10.4. The van der Waals surface area contributed by atoms with Gasteiger partial charge in [0.1, 0.15) is 0 Å². The highest BCUT2D eigenvalue weighted by Gasteiger charge is 2.26. The lowest BCUT2D eigenvalue weighted by Crippen LogP contribution is -2.07. The van der Waals surface area contributed by atoms with Crippen LogP contribution in [-0.4, -0.2) is 50.7 Å². The molecule has 1 aliphatic heterocycles. The molecule has 0 bridgehead atoms. The monoisotopic (exact) mass is 615 g/mol. The van der Waals surface area contributed by atoms with E-state index in [1.54, 1.807) is 18.5 Å². The van der Waals surface area contributed by atoms with Gasteiger partial charge in [0.2, 0.25) is 0 Å². The molecule has 7 heteroatoms. The SMILES string of the molecule is CCCCCCCCP(CCCCCCCC)CCCCCCCC.CN(C)c1ccccc1.O=P1(O)OCCO1. The van der Waals surface area contributed by atoms with Gasteiger partial charge in [0.05, 0.1) is 13.2 Å². The zero-order chi connectivity index (χ0) is 30.4. The molecule has 41 heavy (non-hydrogen) atoms. The molecule has 0 saturated carbocycles. The number of nitrogens with zero attached hydrogens (tertiary/aromatic N) is 1. The van der Waals surface area contributed by atoms with Crippen LogP contribution in [0.15, 0.2) is 30.3 Å². The quantitative estimate of drug-likeness (QED) is 0.104. The predicted octanol–water partition coefficient (Wildman–Crippen LogP) is 11.4. The van der Waals surface area contributed by atoms with Crippen LogP contribution in [0.25, 0.3) is 0 Å². The fourth-order valence-corrected chi connectivity index (χ4v) is 8.12. The van der Waals surface area contributed by atoms with Crippen molar-refractivity contribution >= 4 is 21.4 Å². The third-order valence-corrected chi connectivity index (χ3v) is 11.2. The molecule has 1 aromatic carbocycles. The van der Waals surface area contributed by atoms with Crippen LogP contribution in [0.1, 0.15) is 136 Å². The predicted molar refractivity (Wildman–Crippen MR) is 184 cm³/mol. The van der Waals surface area contributed by atoms with Crippen LogP contribution in [0.2, 0.25) is 0 Å². The topological polar surface area (TPSA) is 59.0 Å². The number of rotatable bonds is 22. The molecule has 2 rings (SSSR count). The van der Waals surface area contributed by atoms with Gasteiger partial charge in [0.15, 0.2) is 0 Å². The van der Waals surface area contributed by atoms with Crippen LogP contribution in [0.5, 0.6) is 0 Å². The average molecular weight is 616 g/mol. The molecule has 0 amide bonds. The van der Waals surface area contributed by atoms with E-state index in [4.69, 9.17) is 4.89 Å². The summed E-state index contributed by atoms with van der Waals surface area (Å²) in [6, 6.07) is 10.3. The Labute approximate surface area is 256 Å². The first-order chi connectivity index (χ1) is 19.9. The van der Waals surface area contributed by atoms with Gasteiger partial charge < -0.3 is 9.79 Å². The minimum atomic E-state index is -3.54. The van der Waals surface area contributed by atoms with Crippen molar-refractivity contribution < 1.29 is 18.5 Å². The number of hydrogen-bond donors (Lipinski definition) is 1. The molecule has 5 nitrogen and oxygen atoms in total. The molecule has 1 aliphatic rings. The summed E-state index contributed by atoms with van der Waals surface area (Å²) < 4.78 is 18.6. The van der Waals surface area contributed by atoms with E-state index in [1.807, 2.05) is 32.3 Å². The van der Waals surface area contributed by atoms with E-state index in [2.05, 4.69) is 46.9 Å². The molecular formula is C34H67NO4P2. The highest BCUT2D eigenvalue weighted by Crippen LogP contribution is 2.46. The number of phosphoric ester groups is 1. The molecule has 0 unspecified atom stereocenters. The Hall–Kier alpha value is -0.440. The van der Waals surface area contributed by atoms with Gasteiger partial charge in [-0.2, -0.15) is 0 Å². The van der Waals surface area contributed by atoms with Crippen LogP contribution < -0.4 is 4.90 Å². The lowest BCUT2D eigenvalue weighted by molar-refractivity contribution is 0.262. The standard InChI is InChI=1S/C24H51P.C8H11N.C2H5O4P/c1-4-7-10-13-16-19-22-25(23-20-17-14-11-8-5-2)24-21-18-15-12-9-6-3;1-9(2)8-6-4-3-5-7-8;3-7(4)5-1-2-6-7/h4-24H2,1-3H3;3-7H,1-2H3;1-2H2,(H,3,4). The van der Waals surface area contributed by atoms with Gasteiger partial charge in [-0.25, -0.2) is 4.57 Å². The summed E-state index contributed by atoms with van der Waals surface area (Å²) in [5.41, 5.74) is 1.25. The number of unbranched alkanes of at least 4 members (excludes halogenated alkanes) is 15. The maximum Gasteiger partial charge on any atom is 0.472 e. The third kappa shape index (κ3) is 28.1. The van der Waals surface area contributed by atoms with E-state index in [9.17, 15) is 4.57 Å². The number of benzene rings is 1. The first kappa shape index (κ1) is 40.6. The van der Waals surface area contributed by atoms with Crippen molar-refractivity contribution in [2.24, 2.45) is 0 Å². The second-order valence-corrected chi connectivity index (χ2v) is 15.6. The van der Waals surface area contributed by atoms with Crippen molar-refractivity contribution in [3.05, 3.63) is 30.3 Å². The Morgan fingerprint density at radius 3 is 1.24 bits per heavy atom. The molecule has 242 valence electrons. The Bertz CT molecular complexity index is 657. The van der Waals surface area contributed by atoms with E-state index in [0.717, 1.165) is 0 Å². The zero-order valence-corrected chi connectivity index (χ0v) is 29.5. The first-order valence-electron chi connectivity index (χ1n) is 16.9. The highest BCUT2D eigenvalue weighted by atomic mass is 31.2. The minimum absolute atomic E-state index is 0.230. The molecule has 0 aliphatic carbocycles. The van der Waals surface area contributed by atoms with E-state index >= 15 is 0 Å². The normalized spacial score (nSPS) is 13.8. The fourth-order valence-electron chi connectivity index (χ4n) is 4.75. The minimum Gasteiger partial charge on any atom is -0.378 e. The van der Waals surface area contributed by atoms with Gasteiger partial charge in [-0.1, -0.05) is 135 Å². The third-order valence-electron chi connectivity index (χ3n) is 7.35. The Morgan fingerprint density at radius 2 is 0.976 bits per heavy atom.